The number of ether oxygens (including phenoxy) is 1. The van der Waals surface area contributed by atoms with Crippen LogP contribution in [0.2, 0.25) is 0 Å². The van der Waals surface area contributed by atoms with E-state index in [4.69, 9.17) is 10.5 Å². The molecule has 0 saturated heterocycles. The molecule has 0 aliphatic heterocycles. The van der Waals surface area contributed by atoms with E-state index in [1.54, 1.807) is 12.1 Å². The molecule has 0 saturated carbocycles. The first-order valence-corrected chi connectivity index (χ1v) is 6.51. The van der Waals surface area contributed by atoms with Crippen LogP contribution >= 0.6 is 0 Å². The highest BCUT2D eigenvalue weighted by Crippen LogP contribution is 2.32. The number of aromatic hydroxyl groups is 1. The van der Waals surface area contributed by atoms with Crippen molar-refractivity contribution in [1.29, 1.82) is 0 Å². The molecule has 0 spiro atoms. The zero-order chi connectivity index (χ0) is 13.2. The number of aryl methyl sites for hydroxylation is 1. The van der Waals surface area contributed by atoms with Crippen LogP contribution in [0.15, 0.2) is 42.5 Å². The molecule has 0 radical (unpaired) electrons. The summed E-state index contributed by atoms with van der Waals surface area (Å²) in [5.74, 6) is 1.15. The normalized spacial score (nSPS) is 17.2. The zero-order valence-electron chi connectivity index (χ0n) is 10.7. The van der Waals surface area contributed by atoms with Gasteiger partial charge in [-0.25, -0.2) is 0 Å². The van der Waals surface area contributed by atoms with Gasteiger partial charge in [-0.15, -0.1) is 0 Å². The van der Waals surface area contributed by atoms with Gasteiger partial charge >= 0.3 is 0 Å². The lowest BCUT2D eigenvalue weighted by molar-refractivity contribution is 0.306. The number of hydrogen-bond donors (Lipinski definition) is 2. The molecule has 0 unspecified atom stereocenters. The topological polar surface area (TPSA) is 55.5 Å². The van der Waals surface area contributed by atoms with Crippen molar-refractivity contribution in [2.75, 3.05) is 0 Å². The van der Waals surface area contributed by atoms with Crippen LogP contribution in [-0.4, -0.2) is 5.11 Å². The van der Waals surface area contributed by atoms with E-state index in [-0.39, 0.29) is 11.8 Å². The summed E-state index contributed by atoms with van der Waals surface area (Å²) in [6, 6.07) is 13.4. The van der Waals surface area contributed by atoms with Crippen LogP contribution in [0.5, 0.6) is 11.5 Å². The fraction of sp³-hybridized carbons (Fsp3) is 0.250. The first-order chi connectivity index (χ1) is 9.22. The number of rotatable bonds is 3. The molecular weight excluding hydrogens is 238 g/mol. The molecule has 1 aliphatic rings. The molecule has 98 valence electrons. The molecule has 0 heterocycles. The highest BCUT2D eigenvalue weighted by molar-refractivity contribution is 5.40. The summed E-state index contributed by atoms with van der Waals surface area (Å²) in [4.78, 5) is 0. The second kappa shape index (κ2) is 4.94. The minimum atomic E-state index is 0.182. The lowest BCUT2D eigenvalue weighted by Gasteiger charge is -2.09. The van der Waals surface area contributed by atoms with Gasteiger partial charge in [0.15, 0.2) is 0 Å². The SMILES string of the molecule is N[C@@H]1CCc2cc(OCc3ccc(O)cc3)ccc21. The Morgan fingerprint density at radius 2 is 1.95 bits per heavy atom. The number of nitrogens with two attached hydrogens (primary N) is 1. The predicted octanol–water partition coefficient (Wildman–Crippen LogP) is 2.92. The van der Waals surface area contributed by atoms with Crippen molar-refractivity contribution in [2.45, 2.75) is 25.5 Å². The maximum Gasteiger partial charge on any atom is 0.120 e. The zero-order valence-corrected chi connectivity index (χ0v) is 10.7. The third-order valence-corrected chi connectivity index (χ3v) is 3.58. The molecule has 3 heteroatoms. The fourth-order valence-electron chi connectivity index (χ4n) is 2.48. The van der Waals surface area contributed by atoms with Gasteiger partial charge in [-0.2, -0.15) is 0 Å². The monoisotopic (exact) mass is 255 g/mol. The number of phenolic OH excluding ortho intramolecular Hbond substituents is 1. The Balaban J connectivity index is 1.69. The number of phenols is 1. The van der Waals surface area contributed by atoms with Gasteiger partial charge in [0.1, 0.15) is 18.1 Å². The lowest BCUT2D eigenvalue weighted by atomic mass is 10.1. The van der Waals surface area contributed by atoms with Crippen LogP contribution in [0, 0.1) is 0 Å². The van der Waals surface area contributed by atoms with Gasteiger partial charge in [0, 0.05) is 6.04 Å². The van der Waals surface area contributed by atoms with Crippen LogP contribution in [0.1, 0.15) is 29.2 Å². The predicted molar refractivity (Wildman–Crippen MR) is 74.1 cm³/mol. The van der Waals surface area contributed by atoms with E-state index in [0.29, 0.717) is 6.61 Å². The Labute approximate surface area is 112 Å². The Morgan fingerprint density at radius 3 is 2.74 bits per heavy atom. The van der Waals surface area contributed by atoms with E-state index in [1.165, 1.54) is 11.1 Å². The van der Waals surface area contributed by atoms with Crippen LogP contribution in [0.25, 0.3) is 0 Å². The molecule has 1 atom stereocenters. The first kappa shape index (κ1) is 12.1. The molecular formula is C16H17NO2. The van der Waals surface area contributed by atoms with Crippen LogP contribution in [0.3, 0.4) is 0 Å². The molecule has 0 amide bonds. The average Bonchev–Trinajstić information content (AvgIpc) is 2.79. The Morgan fingerprint density at radius 1 is 1.16 bits per heavy atom. The van der Waals surface area contributed by atoms with E-state index >= 15 is 0 Å². The standard InChI is InChI=1S/C16H17NO2/c17-16-8-3-12-9-14(6-7-15(12)16)19-10-11-1-4-13(18)5-2-11/h1-2,4-7,9,16,18H,3,8,10,17H2/t16-/m1/s1. The summed E-state index contributed by atoms with van der Waals surface area (Å²) in [7, 11) is 0. The molecule has 0 bridgehead atoms. The maximum absolute atomic E-state index is 9.22. The quantitative estimate of drug-likeness (QED) is 0.886. The van der Waals surface area contributed by atoms with Crippen LogP contribution in [0.4, 0.5) is 0 Å². The molecule has 2 aromatic carbocycles. The summed E-state index contributed by atoms with van der Waals surface area (Å²) in [6.07, 6.45) is 2.06. The number of benzene rings is 2. The molecule has 0 fully saturated rings. The molecule has 2 aromatic rings. The van der Waals surface area contributed by atoms with E-state index in [2.05, 4.69) is 12.1 Å². The minimum Gasteiger partial charge on any atom is -0.508 e. The second-order valence-electron chi connectivity index (χ2n) is 4.96. The highest BCUT2D eigenvalue weighted by atomic mass is 16.5. The van der Waals surface area contributed by atoms with Crippen molar-refractivity contribution in [2.24, 2.45) is 5.73 Å². The fourth-order valence-corrected chi connectivity index (χ4v) is 2.48. The lowest BCUT2D eigenvalue weighted by Crippen LogP contribution is -2.05. The third-order valence-electron chi connectivity index (χ3n) is 3.58. The first-order valence-electron chi connectivity index (χ1n) is 6.51. The van der Waals surface area contributed by atoms with Gasteiger partial charge < -0.3 is 15.6 Å². The average molecular weight is 255 g/mol. The largest absolute Gasteiger partial charge is 0.508 e. The van der Waals surface area contributed by atoms with Crippen molar-refractivity contribution in [3.05, 3.63) is 59.2 Å². The van der Waals surface area contributed by atoms with Gasteiger partial charge in [-0.1, -0.05) is 18.2 Å². The molecule has 3 nitrogen and oxygen atoms in total. The third kappa shape index (κ3) is 2.56. The summed E-state index contributed by atoms with van der Waals surface area (Å²) in [5, 5.41) is 9.22. The van der Waals surface area contributed by atoms with Crippen LogP contribution in [-0.2, 0) is 13.0 Å². The Hall–Kier alpha value is -2.00. The molecule has 0 aromatic heterocycles. The van der Waals surface area contributed by atoms with Gasteiger partial charge in [0.05, 0.1) is 0 Å². The summed E-state index contributed by atoms with van der Waals surface area (Å²) in [5.41, 5.74) is 9.60. The molecule has 19 heavy (non-hydrogen) atoms. The van der Waals surface area contributed by atoms with Gasteiger partial charge in [0.25, 0.3) is 0 Å². The molecule has 3 N–H and O–H groups in total. The Kier molecular flexibility index (Phi) is 3.13. The second-order valence-corrected chi connectivity index (χ2v) is 4.96. The van der Waals surface area contributed by atoms with Crippen molar-refractivity contribution in [3.63, 3.8) is 0 Å². The van der Waals surface area contributed by atoms with Crippen molar-refractivity contribution < 1.29 is 9.84 Å². The van der Waals surface area contributed by atoms with Gasteiger partial charge in [-0.3, -0.25) is 0 Å². The van der Waals surface area contributed by atoms with Crippen molar-refractivity contribution >= 4 is 0 Å². The summed E-state index contributed by atoms with van der Waals surface area (Å²) in [6.45, 7) is 0.505. The highest BCUT2D eigenvalue weighted by Gasteiger charge is 2.18. The number of fused-ring (bicyclic) bond motifs is 1. The minimum absolute atomic E-state index is 0.182. The van der Waals surface area contributed by atoms with E-state index in [1.807, 2.05) is 18.2 Å². The molecule has 1 aliphatic carbocycles. The van der Waals surface area contributed by atoms with Crippen molar-refractivity contribution in [1.82, 2.24) is 0 Å². The number of hydrogen-bond acceptors (Lipinski definition) is 3. The van der Waals surface area contributed by atoms with Crippen LogP contribution < -0.4 is 10.5 Å². The maximum atomic E-state index is 9.22. The van der Waals surface area contributed by atoms with Gasteiger partial charge in [0.2, 0.25) is 0 Å². The van der Waals surface area contributed by atoms with E-state index in [0.717, 1.165) is 24.2 Å². The van der Waals surface area contributed by atoms with E-state index < -0.39 is 0 Å². The van der Waals surface area contributed by atoms with Crippen molar-refractivity contribution in [3.8, 4) is 11.5 Å². The van der Waals surface area contributed by atoms with Gasteiger partial charge in [-0.05, 0) is 53.8 Å². The molecule has 3 rings (SSSR count). The smallest absolute Gasteiger partial charge is 0.120 e. The summed E-state index contributed by atoms with van der Waals surface area (Å²) < 4.78 is 5.77. The summed E-state index contributed by atoms with van der Waals surface area (Å²) >= 11 is 0. The van der Waals surface area contributed by atoms with E-state index in [9.17, 15) is 5.11 Å². The Bertz CT molecular complexity index is 578.